The molecule has 0 radical (unpaired) electrons. The van der Waals surface area contributed by atoms with Crippen molar-refractivity contribution in [1.82, 2.24) is 16.2 Å². The van der Waals surface area contributed by atoms with Crippen LogP contribution in [0.15, 0.2) is 48.5 Å². The van der Waals surface area contributed by atoms with Crippen LogP contribution in [0.5, 0.6) is 0 Å². The maximum atomic E-state index is 12.9. The average molecular weight is 431 g/mol. The number of anilines is 1. The van der Waals surface area contributed by atoms with E-state index >= 15 is 0 Å². The molecule has 1 saturated heterocycles. The summed E-state index contributed by atoms with van der Waals surface area (Å²) in [4.78, 5) is 12.9. The fraction of sp³-hybridized carbons (Fsp3) is 0.409. The minimum absolute atomic E-state index is 0.313. The topological polar surface area (TPSA) is 99.3 Å². The van der Waals surface area contributed by atoms with Crippen molar-refractivity contribution in [2.75, 3.05) is 4.72 Å². The smallest absolute Gasteiger partial charge is 0.250 e. The molecule has 7 nitrogen and oxygen atoms in total. The van der Waals surface area contributed by atoms with E-state index in [1.165, 1.54) is 5.56 Å². The van der Waals surface area contributed by atoms with Crippen LogP contribution in [0, 0.1) is 12.8 Å². The molecular weight excluding hydrogens is 400 g/mol. The highest BCUT2D eigenvalue weighted by Gasteiger charge is 2.45. The van der Waals surface area contributed by atoms with Gasteiger partial charge in [-0.05, 0) is 43.0 Å². The largest absolute Gasteiger partial charge is 0.352 e. The highest BCUT2D eigenvalue weighted by Crippen LogP contribution is 2.23. The molecule has 0 aromatic heterocycles. The van der Waals surface area contributed by atoms with E-state index in [-0.39, 0.29) is 11.9 Å². The monoisotopic (exact) mass is 430 g/mol. The molecule has 3 atom stereocenters. The third-order valence-electron chi connectivity index (χ3n) is 5.38. The van der Waals surface area contributed by atoms with Crippen molar-refractivity contribution in [3.63, 3.8) is 0 Å². The van der Waals surface area contributed by atoms with Crippen LogP contribution in [0.4, 0.5) is 5.69 Å². The summed E-state index contributed by atoms with van der Waals surface area (Å²) in [6.07, 6.45) is 0. The van der Waals surface area contributed by atoms with Crippen LogP contribution in [0.1, 0.15) is 43.4 Å². The van der Waals surface area contributed by atoms with Crippen LogP contribution >= 0.6 is 0 Å². The molecule has 1 aliphatic rings. The molecule has 0 saturated carbocycles. The number of nitrogens with one attached hydrogen (secondary N) is 4. The fourth-order valence-electron chi connectivity index (χ4n) is 3.47. The second-order valence-electron chi connectivity index (χ2n) is 8.15. The standard InChI is InChI=1S/C22H30N4O3S/c1-14(2)18-9-7-17(8-10-18)13-23-21(27)20-16(4)24-25-22(20)30(28,29)26-19-11-5-15(3)6-12-19/h5-12,14,16,20,22,24-26H,13H2,1-4H3,(H,23,27). The Morgan fingerprint density at radius 1 is 1.03 bits per heavy atom. The third kappa shape index (κ3) is 5.19. The second kappa shape index (κ2) is 9.16. The molecule has 1 aliphatic heterocycles. The predicted molar refractivity (Wildman–Crippen MR) is 119 cm³/mol. The molecule has 8 heteroatoms. The first-order chi connectivity index (χ1) is 14.2. The molecule has 2 aromatic carbocycles. The molecular formula is C22H30N4O3S. The fourth-order valence-corrected chi connectivity index (χ4v) is 5.03. The average Bonchev–Trinajstić information content (AvgIpc) is 3.10. The molecule has 1 heterocycles. The molecule has 162 valence electrons. The molecule has 4 N–H and O–H groups in total. The van der Waals surface area contributed by atoms with E-state index in [1.54, 1.807) is 19.1 Å². The van der Waals surface area contributed by atoms with Gasteiger partial charge in [0.25, 0.3) is 10.0 Å². The van der Waals surface area contributed by atoms with Gasteiger partial charge >= 0.3 is 0 Å². The summed E-state index contributed by atoms with van der Waals surface area (Å²) in [5.74, 6) is -0.646. The van der Waals surface area contributed by atoms with Gasteiger partial charge in [-0.2, -0.15) is 0 Å². The van der Waals surface area contributed by atoms with Crippen LogP contribution in [0.25, 0.3) is 0 Å². The van der Waals surface area contributed by atoms with E-state index in [2.05, 4.69) is 34.7 Å². The zero-order valence-corrected chi connectivity index (χ0v) is 18.6. The number of sulfonamides is 1. The van der Waals surface area contributed by atoms with Crippen molar-refractivity contribution in [1.29, 1.82) is 0 Å². The summed E-state index contributed by atoms with van der Waals surface area (Å²) in [6.45, 7) is 8.32. The Bertz CT molecular complexity index is 972. The normalized spacial score (nSPS) is 21.6. The minimum Gasteiger partial charge on any atom is -0.352 e. The van der Waals surface area contributed by atoms with Crippen LogP contribution in [-0.2, 0) is 21.4 Å². The Morgan fingerprint density at radius 3 is 2.27 bits per heavy atom. The second-order valence-corrected chi connectivity index (χ2v) is 9.95. The summed E-state index contributed by atoms with van der Waals surface area (Å²) in [6, 6.07) is 14.8. The summed E-state index contributed by atoms with van der Waals surface area (Å²) in [5.41, 5.74) is 9.35. The van der Waals surface area contributed by atoms with Gasteiger partial charge in [-0.25, -0.2) is 13.8 Å². The summed E-state index contributed by atoms with van der Waals surface area (Å²) in [5, 5.41) is 1.80. The van der Waals surface area contributed by atoms with Gasteiger partial charge in [0.05, 0.1) is 5.92 Å². The van der Waals surface area contributed by atoms with Gasteiger partial charge in [0.2, 0.25) is 5.91 Å². The molecule has 0 aliphatic carbocycles. The molecule has 2 aromatic rings. The van der Waals surface area contributed by atoms with Gasteiger partial charge < -0.3 is 5.32 Å². The lowest BCUT2D eigenvalue weighted by Crippen LogP contribution is -2.47. The lowest BCUT2D eigenvalue weighted by atomic mass is 10.0. The van der Waals surface area contributed by atoms with Gasteiger partial charge in [-0.15, -0.1) is 0 Å². The lowest BCUT2D eigenvalue weighted by Gasteiger charge is -2.21. The van der Waals surface area contributed by atoms with Crippen LogP contribution in [-0.4, -0.2) is 25.7 Å². The Morgan fingerprint density at radius 2 is 1.67 bits per heavy atom. The van der Waals surface area contributed by atoms with Gasteiger partial charge in [-0.3, -0.25) is 14.9 Å². The van der Waals surface area contributed by atoms with E-state index in [0.717, 1.165) is 11.1 Å². The van der Waals surface area contributed by atoms with Gasteiger partial charge in [0.15, 0.2) is 5.37 Å². The highest BCUT2D eigenvalue weighted by molar-refractivity contribution is 7.93. The zero-order valence-electron chi connectivity index (χ0n) is 17.8. The Kier molecular flexibility index (Phi) is 6.80. The van der Waals surface area contributed by atoms with Crippen molar-refractivity contribution in [2.24, 2.45) is 5.92 Å². The zero-order chi connectivity index (χ0) is 21.9. The molecule has 0 spiro atoms. The molecule has 0 bridgehead atoms. The maximum Gasteiger partial charge on any atom is 0.250 e. The number of amides is 1. The van der Waals surface area contributed by atoms with Crippen molar-refractivity contribution < 1.29 is 13.2 Å². The Labute approximate surface area is 178 Å². The van der Waals surface area contributed by atoms with Crippen molar-refractivity contribution in [3.05, 3.63) is 65.2 Å². The van der Waals surface area contributed by atoms with Crippen LogP contribution in [0.3, 0.4) is 0 Å². The Balaban J connectivity index is 1.67. The number of carbonyl (C=O) groups excluding carboxylic acids is 1. The van der Waals surface area contributed by atoms with Gasteiger partial charge in [-0.1, -0.05) is 55.8 Å². The lowest BCUT2D eigenvalue weighted by molar-refractivity contribution is -0.125. The summed E-state index contributed by atoms with van der Waals surface area (Å²) in [7, 11) is -3.84. The number of hydrogen-bond donors (Lipinski definition) is 4. The van der Waals surface area contributed by atoms with Gasteiger partial charge in [0.1, 0.15) is 0 Å². The summed E-state index contributed by atoms with van der Waals surface area (Å²) < 4.78 is 28.4. The van der Waals surface area contributed by atoms with Crippen molar-refractivity contribution in [3.8, 4) is 0 Å². The quantitative estimate of drug-likeness (QED) is 0.541. The first kappa shape index (κ1) is 22.3. The number of carbonyl (C=O) groups is 1. The third-order valence-corrected chi connectivity index (χ3v) is 6.98. The van der Waals surface area contributed by atoms with E-state index < -0.39 is 21.3 Å². The molecule has 3 unspecified atom stereocenters. The first-order valence-corrected chi connectivity index (χ1v) is 11.7. The number of hydrogen-bond acceptors (Lipinski definition) is 5. The van der Waals surface area contributed by atoms with Crippen LogP contribution in [0.2, 0.25) is 0 Å². The SMILES string of the molecule is Cc1ccc(NS(=O)(=O)C2NNC(C)C2C(=O)NCc2ccc(C(C)C)cc2)cc1. The van der Waals surface area contributed by atoms with Gasteiger partial charge in [0, 0.05) is 18.3 Å². The number of hydrazine groups is 1. The van der Waals surface area contributed by atoms with E-state index in [4.69, 9.17) is 0 Å². The van der Waals surface area contributed by atoms with Crippen molar-refractivity contribution >= 4 is 21.6 Å². The summed E-state index contributed by atoms with van der Waals surface area (Å²) >= 11 is 0. The Hall–Kier alpha value is -2.42. The minimum atomic E-state index is -3.84. The number of benzene rings is 2. The van der Waals surface area contributed by atoms with E-state index in [9.17, 15) is 13.2 Å². The van der Waals surface area contributed by atoms with Crippen LogP contribution < -0.4 is 20.9 Å². The molecule has 3 rings (SSSR count). The van der Waals surface area contributed by atoms with E-state index in [0.29, 0.717) is 18.2 Å². The van der Waals surface area contributed by atoms with Crippen molar-refractivity contribution in [2.45, 2.75) is 51.6 Å². The molecule has 1 fully saturated rings. The number of rotatable bonds is 7. The first-order valence-electron chi connectivity index (χ1n) is 10.1. The molecule has 1 amide bonds. The maximum absolute atomic E-state index is 12.9. The number of aryl methyl sites for hydroxylation is 1. The highest BCUT2D eigenvalue weighted by atomic mass is 32.2. The predicted octanol–water partition coefficient (Wildman–Crippen LogP) is 2.62. The molecule has 30 heavy (non-hydrogen) atoms. The van der Waals surface area contributed by atoms with E-state index in [1.807, 2.05) is 43.3 Å².